The largest absolute Gasteiger partial charge is 0.493 e. The first-order valence-corrected chi connectivity index (χ1v) is 8.15. The van der Waals surface area contributed by atoms with Crippen LogP contribution in [0.3, 0.4) is 0 Å². The van der Waals surface area contributed by atoms with Crippen LogP contribution >= 0.6 is 0 Å². The highest BCUT2D eigenvalue weighted by molar-refractivity contribution is 5.43. The Morgan fingerprint density at radius 2 is 1.83 bits per heavy atom. The van der Waals surface area contributed by atoms with Crippen molar-refractivity contribution in [3.63, 3.8) is 0 Å². The van der Waals surface area contributed by atoms with E-state index in [1.165, 1.54) is 16.7 Å². The van der Waals surface area contributed by atoms with E-state index in [4.69, 9.17) is 9.47 Å². The first-order valence-electron chi connectivity index (χ1n) is 8.15. The molecular weight excluding hydrogens is 286 g/mol. The van der Waals surface area contributed by atoms with Gasteiger partial charge in [0.25, 0.3) is 0 Å². The fourth-order valence-corrected chi connectivity index (χ4v) is 2.37. The van der Waals surface area contributed by atoms with Crippen molar-refractivity contribution < 1.29 is 9.47 Å². The Bertz CT molecular complexity index is 623. The van der Waals surface area contributed by atoms with Gasteiger partial charge in [0.15, 0.2) is 11.5 Å². The molecule has 2 aromatic rings. The second-order valence-corrected chi connectivity index (χ2v) is 6.23. The molecule has 0 aliphatic rings. The SMILES string of the molecule is COc1cc(CNCC(C)C)ccc1OCc1ccccc1C. The summed E-state index contributed by atoms with van der Waals surface area (Å²) in [6.07, 6.45) is 0. The highest BCUT2D eigenvalue weighted by Crippen LogP contribution is 2.29. The maximum atomic E-state index is 5.95. The van der Waals surface area contributed by atoms with Gasteiger partial charge >= 0.3 is 0 Å². The van der Waals surface area contributed by atoms with Gasteiger partial charge in [-0.1, -0.05) is 44.2 Å². The molecule has 0 fully saturated rings. The van der Waals surface area contributed by atoms with Crippen LogP contribution in [0.1, 0.15) is 30.5 Å². The molecule has 0 saturated heterocycles. The Morgan fingerprint density at radius 1 is 1.04 bits per heavy atom. The number of benzene rings is 2. The van der Waals surface area contributed by atoms with Crippen LogP contribution in [-0.2, 0) is 13.2 Å². The minimum Gasteiger partial charge on any atom is -0.493 e. The van der Waals surface area contributed by atoms with Crippen molar-refractivity contribution in [3.8, 4) is 11.5 Å². The number of nitrogens with one attached hydrogen (secondary N) is 1. The molecule has 23 heavy (non-hydrogen) atoms. The minimum absolute atomic E-state index is 0.550. The summed E-state index contributed by atoms with van der Waals surface area (Å²) < 4.78 is 11.4. The summed E-state index contributed by atoms with van der Waals surface area (Å²) in [5.74, 6) is 2.21. The third-order valence-electron chi connectivity index (χ3n) is 3.75. The maximum absolute atomic E-state index is 5.95. The van der Waals surface area contributed by atoms with E-state index in [1.807, 2.05) is 24.3 Å². The van der Waals surface area contributed by atoms with Crippen LogP contribution in [0.15, 0.2) is 42.5 Å². The van der Waals surface area contributed by atoms with Crippen molar-refractivity contribution in [2.45, 2.75) is 33.9 Å². The molecule has 3 nitrogen and oxygen atoms in total. The van der Waals surface area contributed by atoms with E-state index in [9.17, 15) is 0 Å². The highest BCUT2D eigenvalue weighted by atomic mass is 16.5. The van der Waals surface area contributed by atoms with Gasteiger partial charge in [-0.15, -0.1) is 0 Å². The highest BCUT2D eigenvalue weighted by Gasteiger charge is 2.07. The van der Waals surface area contributed by atoms with Crippen molar-refractivity contribution in [1.29, 1.82) is 0 Å². The molecule has 2 rings (SSSR count). The van der Waals surface area contributed by atoms with Crippen molar-refractivity contribution in [3.05, 3.63) is 59.2 Å². The smallest absolute Gasteiger partial charge is 0.161 e. The maximum Gasteiger partial charge on any atom is 0.161 e. The molecule has 0 aliphatic carbocycles. The zero-order valence-corrected chi connectivity index (χ0v) is 14.6. The minimum atomic E-state index is 0.550. The fraction of sp³-hybridized carbons (Fsp3) is 0.400. The van der Waals surface area contributed by atoms with Crippen LogP contribution in [-0.4, -0.2) is 13.7 Å². The predicted octanol–water partition coefficient (Wildman–Crippen LogP) is 4.33. The van der Waals surface area contributed by atoms with Gasteiger partial charge < -0.3 is 14.8 Å². The van der Waals surface area contributed by atoms with E-state index in [-0.39, 0.29) is 0 Å². The molecule has 3 heteroatoms. The Hall–Kier alpha value is -2.00. The molecule has 0 radical (unpaired) electrons. The first-order chi connectivity index (χ1) is 11.1. The molecule has 0 heterocycles. The lowest BCUT2D eigenvalue weighted by atomic mass is 10.1. The number of aryl methyl sites for hydroxylation is 1. The predicted molar refractivity (Wildman–Crippen MR) is 95.0 cm³/mol. The van der Waals surface area contributed by atoms with E-state index in [0.29, 0.717) is 12.5 Å². The van der Waals surface area contributed by atoms with Crippen molar-refractivity contribution in [2.24, 2.45) is 5.92 Å². The summed E-state index contributed by atoms with van der Waals surface area (Å²) in [6, 6.07) is 14.4. The van der Waals surface area contributed by atoms with Crippen LogP contribution in [0.2, 0.25) is 0 Å². The van der Waals surface area contributed by atoms with E-state index in [2.05, 4.69) is 44.3 Å². The molecule has 0 amide bonds. The normalized spacial score (nSPS) is 10.8. The number of rotatable bonds is 8. The molecule has 1 N–H and O–H groups in total. The monoisotopic (exact) mass is 313 g/mol. The van der Waals surface area contributed by atoms with Crippen LogP contribution in [0.4, 0.5) is 0 Å². The lowest BCUT2D eigenvalue weighted by Crippen LogP contribution is -2.18. The van der Waals surface area contributed by atoms with Gasteiger partial charge in [-0.25, -0.2) is 0 Å². The van der Waals surface area contributed by atoms with E-state index < -0.39 is 0 Å². The van der Waals surface area contributed by atoms with Gasteiger partial charge in [0, 0.05) is 6.54 Å². The van der Waals surface area contributed by atoms with E-state index in [0.717, 1.165) is 24.6 Å². The summed E-state index contributed by atoms with van der Waals surface area (Å²) in [5, 5.41) is 3.44. The van der Waals surface area contributed by atoms with Crippen molar-refractivity contribution >= 4 is 0 Å². The summed E-state index contributed by atoms with van der Waals surface area (Å²) in [4.78, 5) is 0. The van der Waals surface area contributed by atoms with Gasteiger partial charge in [-0.3, -0.25) is 0 Å². The van der Waals surface area contributed by atoms with Crippen molar-refractivity contribution in [2.75, 3.05) is 13.7 Å². The molecular formula is C20H27NO2. The second-order valence-electron chi connectivity index (χ2n) is 6.23. The zero-order chi connectivity index (χ0) is 16.7. The number of methoxy groups -OCH3 is 1. The van der Waals surface area contributed by atoms with Crippen LogP contribution in [0.5, 0.6) is 11.5 Å². The van der Waals surface area contributed by atoms with Crippen molar-refractivity contribution in [1.82, 2.24) is 5.32 Å². The van der Waals surface area contributed by atoms with Gasteiger partial charge in [-0.2, -0.15) is 0 Å². The summed E-state index contributed by atoms with van der Waals surface area (Å²) in [7, 11) is 1.68. The Morgan fingerprint density at radius 3 is 2.52 bits per heavy atom. The molecule has 124 valence electrons. The molecule has 2 aromatic carbocycles. The molecule has 0 atom stereocenters. The molecule has 0 bridgehead atoms. The third-order valence-corrected chi connectivity index (χ3v) is 3.75. The summed E-state index contributed by atoms with van der Waals surface area (Å²) in [6.45, 7) is 8.90. The fourth-order valence-electron chi connectivity index (χ4n) is 2.37. The summed E-state index contributed by atoms with van der Waals surface area (Å²) >= 11 is 0. The number of hydrogen-bond acceptors (Lipinski definition) is 3. The van der Waals surface area contributed by atoms with Gasteiger partial charge in [-0.05, 0) is 48.2 Å². The Labute approximate surface area is 139 Å². The van der Waals surface area contributed by atoms with Gasteiger partial charge in [0.05, 0.1) is 7.11 Å². The van der Waals surface area contributed by atoms with Gasteiger partial charge in [0.1, 0.15) is 6.61 Å². The number of hydrogen-bond donors (Lipinski definition) is 1. The first kappa shape index (κ1) is 17.4. The Balaban J connectivity index is 2.00. The molecule has 0 aliphatic heterocycles. The average molecular weight is 313 g/mol. The topological polar surface area (TPSA) is 30.5 Å². The van der Waals surface area contributed by atoms with Crippen LogP contribution < -0.4 is 14.8 Å². The zero-order valence-electron chi connectivity index (χ0n) is 14.6. The average Bonchev–Trinajstić information content (AvgIpc) is 2.54. The molecule has 0 saturated carbocycles. The summed E-state index contributed by atoms with van der Waals surface area (Å²) in [5.41, 5.74) is 3.63. The third kappa shape index (κ3) is 5.29. The van der Waals surface area contributed by atoms with Crippen LogP contribution in [0, 0.1) is 12.8 Å². The van der Waals surface area contributed by atoms with Gasteiger partial charge in [0.2, 0.25) is 0 Å². The quantitative estimate of drug-likeness (QED) is 0.787. The Kier molecular flexibility index (Phi) is 6.48. The van der Waals surface area contributed by atoms with E-state index >= 15 is 0 Å². The number of ether oxygens (including phenoxy) is 2. The lowest BCUT2D eigenvalue weighted by molar-refractivity contribution is 0.283. The molecule has 0 aromatic heterocycles. The molecule has 0 unspecified atom stereocenters. The van der Waals surface area contributed by atoms with E-state index in [1.54, 1.807) is 7.11 Å². The second kappa shape index (κ2) is 8.59. The van der Waals surface area contributed by atoms with Crippen LogP contribution in [0.25, 0.3) is 0 Å². The standard InChI is InChI=1S/C20H27NO2/c1-15(2)12-21-13-17-9-10-19(20(11-17)22-4)23-14-18-8-6-5-7-16(18)3/h5-11,15,21H,12-14H2,1-4H3. The lowest BCUT2D eigenvalue weighted by Gasteiger charge is -2.14. The molecule has 0 spiro atoms.